The monoisotopic (exact) mass is 395 g/mol. The predicted molar refractivity (Wildman–Crippen MR) is 104 cm³/mol. The zero-order chi connectivity index (χ0) is 19.9. The van der Waals surface area contributed by atoms with Gasteiger partial charge < -0.3 is 9.64 Å². The van der Waals surface area contributed by atoms with E-state index in [1.807, 2.05) is 12.1 Å². The summed E-state index contributed by atoms with van der Waals surface area (Å²) in [6.45, 7) is -0.211. The highest BCUT2D eigenvalue weighted by Crippen LogP contribution is 2.23. The molecule has 9 heteroatoms. The van der Waals surface area contributed by atoms with Crippen LogP contribution >= 0.6 is 11.3 Å². The summed E-state index contributed by atoms with van der Waals surface area (Å²) >= 11 is 1.30. The molecule has 0 radical (unpaired) electrons. The van der Waals surface area contributed by atoms with Crippen molar-refractivity contribution in [2.24, 2.45) is 7.05 Å². The molecule has 3 aromatic rings. The molecule has 0 spiro atoms. The van der Waals surface area contributed by atoms with Gasteiger partial charge >= 0.3 is 5.97 Å². The van der Waals surface area contributed by atoms with Gasteiger partial charge in [-0.15, -0.1) is 11.3 Å². The van der Waals surface area contributed by atoms with E-state index in [0.717, 1.165) is 5.56 Å². The van der Waals surface area contributed by atoms with Crippen LogP contribution in [0.5, 0.6) is 0 Å². The van der Waals surface area contributed by atoms with Gasteiger partial charge in [-0.1, -0.05) is 18.2 Å². The molecule has 0 N–H and O–H groups in total. The molecule has 0 fully saturated rings. The van der Waals surface area contributed by atoms with Gasteiger partial charge in [0.25, 0.3) is 5.91 Å². The van der Waals surface area contributed by atoms with Gasteiger partial charge in [-0.3, -0.25) is 9.48 Å². The quantitative estimate of drug-likeness (QED) is 0.570. The van der Waals surface area contributed by atoms with Crippen molar-refractivity contribution in [1.29, 1.82) is 5.26 Å². The summed E-state index contributed by atoms with van der Waals surface area (Å²) in [5.41, 5.74) is 1.58. The molecule has 3 rings (SSSR count). The minimum Gasteiger partial charge on any atom is -0.451 e. The fourth-order valence-corrected chi connectivity index (χ4v) is 3.24. The van der Waals surface area contributed by atoms with Crippen LogP contribution in [-0.4, -0.2) is 39.8 Å². The third kappa shape index (κ3) is 4.61. The van der Waals surface area contributed by atoms with Crippen LogP contribution in [-0.2, 0) is 16.6 Å². The Morgan fingerprint density at radius 2 is 2.11 bits per heavy atom. The number of anilines is 1. The molecule has 0 saturated heterocycles. The number of rotatable bonds is 7. The SMILES string of the molecule is Cn1cc(-c2nc(C(=O)OCC(=O)N(CCC#N)c3ccccc3)cs2)cn1. The molecule has 0 atom stereocenters. The van der Waals surface area contributed by atoms with Gasteiger partial charge in [-0.25, -0.2) is 9.78 Å². The van der Waals surface area contributed by atoms with Crippen LogP contribution < -0.4 is 4.90 Å². The molecular formula is C19H17N5O3S. The number of nitrogens with zero attached hydrogens (tertiary/aromatic N) is 5. The van der Waals surface area contributed by atoms with E-state index in [1.54, 1.807) is 53.8 Å². The van der Waals surface area contributed by atoms with Crippen molar-refractivity contribution in [2.45, 2.75) is 6.42 Å². The summed E-state index contributed by atoms with van der Waals surface area (Å²) in [6, 6.07) is 11.0. The lowest BCUT2D eigenvalue weighted by Crippen LogP contribution is -2.35. The molecule has 0 saturated carbocycles. The molecule has 1 amide bonds. The zero-order valence-corrected chi connectivity index (χ0v) is 15.9. The molecule has 1 aromatic carbocycles. The first kappa shape index (κ1) is 19.3. The summed E-state index contributed by atoms with van der Waals surface area (Å²) in [7, 11) is 1.79. The topological polar surface area (TPSA) is 101 Å². The number of carbonyl (C=O) groups is 2. The number of thiazole rings is 1. The lowest BCUT2D eigenvalue weighted by atomic mass is 10.2. The van der Waals surface area contributed by atoms with Gasteiger partial charge in [0, 0.05) is 36.4 Å². The molecule has 2 heterocycles. The smallest absolute Gasteiger partial charge is 0.358 e. The van der Waals surface area contributed by atoms with Crippen molar-refractivity contribution in [3.05, 3.63) is 53.8 Å². The van der Waals surface area contributed by atoms with E-state index in [2.05, 4.69) is 10.1 Å². The van der Waals surface area contributed by atoms with Crippen molar-refractivity contribution >= 4 is 28.9 Å². The minimum absolute atomic E-state index is 0.139. The molecule has 28 heavy (non-hydrogen) atoms. The van der Waals surface area contributed by atoms with Crippen LogP contribution in [0, 0.1) is 11.3 Å². The van der Waals surface area contributed by atoms with Gasteiger partial charge in [-0.2, -0.15) is 10.4 Å². The van der Waals surface area contributed by atoms with Gasteiger partial charge in [0.2, 0.25) is 0 Å². The fourth-order valence-electron chi connectivity index (χ4n) is 2.48. The van der Waals surface area contributed by atoms with Crippen LogP contribution in [0.4, 0.5) is 5.69 Å². The van der Waals surface area contributed by atoms with Crippen LogP contribution in [0.25, 0.3) is 10.6 Å². The number of hydrogen-bond acceptors (Lipinski definition) is 7. The Labute approximate surface area is 165 Å². The molecule has 0 aliphatic carbocycles. The third-order valence-corrected chi connectivity index (χ3v) is 4.70. The molecule has 0 aliphatic rings. The Bertz CT molecular complexity index is 1010. The van der Waals surface area contributed by atoms with Crippen LogP contribution in [0.1, 0.15) is 16.9 Å². The summed E-state index contributed by atoms with van der Waals surface area (Å²) in [5, 5.41) is 15.1. The Morgan fingerprint density at radius 3 is 2.79 bits per heavy atom. The second kappa shape index (κ2) is 8.92. The van der Waals surface area contributed by atoms with Crippen molar-refractivity contribution in [2.75, 3.05) is 18.1 Å². The van der Waals surface area contributed by atoms with Crippen LogP contribution in [0.15, 0.2) is 48.1 Å². The second-order valence-corrected chi connectivity index (χ2v) is 6.66. The number of ether oxygens (including phenoxy) is 1. The number of esters is 1. The number of benzene rings is 1. The van der Waals surface area contributed by atoms with E-state index in [4.69, 9.17) is 10.00 Å². The van der Waals surface area contributed by atoms with Crippen molar-refractivity contribution < 1.29 is 14.3 Å². The van der Waals surface area contributed by atoms with E-state index in [1.165, 1.54) is 16.2 Å². The maximum absolute atomic E-state index is 12.5. The molecular weight excluding hydrogens is 378 g/mol. The van der Waals surface area contributed by atoms with Gasteiger partial charge in [0.05, 0.1) is 18.7 Å². The highest BCUT2D eigenvalue weighted by molar-refractivity contribution is 7.13. The number of hydrogen-bond donors (Lipinski definition) is 0. The zero-order valence-electron chi connectivity index (χ0n) is 15.1. The van der Waals surface area contributed by atoms with Crippen molar-refractivity contribution in [1.82, 2.24) is 14.8 Å². The molecule has 0 bridgehead atoms. The highest BCUT2D eigenvalue weighted by Gasteiger charge is 2.19. The van der Waals surface area contributed by atoms with Crippen molar-refractivity contribution in [3.63, 3.8) is 0 Å². The number of para-hydroxylation sites is 1. The largest absolute Gasteiger partial charge is 0.451 e. The second-order valence-electron chi connectivity index (χ2n) is 5.81. The maximum Gasteiger partial charge on any atom is 0.358 e. The molecule has 2 aromatic heterocycles. The summed E-state index contributed by atoms with van der Waals surface area (Å²) in [5.74, 6) is -1.08. The first-order chi connectivity index (χ1) is 13.6. The number of aromatic nitrogens is 3. The Kier molecular flexibility index (Phi) is 6.14. The summed E-state index contributed by atoms with van der Waals surface area (Å²) < 4.78 is 6.78. The molecule has 142 valence electrons. The van der Waals surface area contributed by atoms with Crippen LogP contribution in [0.3, 0.4) is 0 Å². The number of carbonyl (C=O) groups excluding carboxylic acids is 2. The standard InChI is InChI=1S/C19H17N5O3S/c1-23-11-14(10-21-23)18-22-16(13-28-18)19(26)27-12-17(25)24(9-5-8-20)15-6-3-2-4-7-15/h2-4,6-7,10-11,13H,5,9,12H2,1H3. The average molecular weight is 395 g/mol. The first-order valence-corrected chi connectivity index (χ1v) is 9.30. The van der Waals surface area contributed by atoms with Gasteiger partial charge in [0.1, 0.15) is 5.01 Å². The Hall–Kier alpha value is -3.51. The van der Waals surface area contributed by atoms with E-state index in [0.29, 0.717) is 10.7 Å². The minimum atomic E-state index is -0.673. The lowest BCUT2D eigenvalue weighted by molar-refractivity contribution is -0.121. The van der Waals surface area contributed by atoms with Crippen LogP contribution in [0.2, 0.25) is 0 Å². The van der Waals surface area contributed by atoms with E-state index < -0.39 is 18.5 Å². The average Bonchev–Trinajstić information content (AvgIpc) is 3.36. The first-order valence-electron chi connectivity index (χ1n) is 8.42. The summed E-state index contributed by atoms with van der Waals surface area (Å²) in [6.07, 6.45) is 3.63. The molecule has 8 nitrogen and oxygen atoms in total. The number of aryl methyl sites for hydroxylation is 1. The predicted octanol–water partition coefficient (Wildman–Crippen LogP) is 2.65. The number of amides is 1. The molecule has 0 aliphatic heterocycles. The highest BCUT2D eigenvalue weighted by atomic mass is 32.1. The summed E-state index contributed by atoms with van der Waals surface area (Å²) in [4.78, 5) is 30.5. The third-order valence-electron chi connectivity index (χ3n) is 3.81. The maximum atomic E-state index is 12.5. The Morgan fingerprint density at radius 1 is 1.32 bits per heavy atom. The Balaban J connectivity index is 1.63. The van der Waals surface area contributed by atoms with E-state index in [9.17, 15) is 9.59 Å². The normalized spacial score (nSPS) is 10.3. The van der Waals surface area contributed by atoms with Gasteiger partial charge in [0.15, 0.2) is 12.3 Å². The lowest BCUT2D eigenvalue weighted by Gasteiger charge is -2.21. The fraction of sp³-hybridized carbons (Fsp3) is 0.211. The van der Waals surface area contributed by atoms with Gasteiger partial charge in [-0.05, 0) is 12.1 Å². The molecule has 0 unspecified atom stereocenters. The van der Waals surface area contributed by atoms with E-state index in [-0.39, 0.29) is 18.7 Å². The van der Waals surface area contributed by atoms with E-state index >= 15 is 0 Å². The number of nitriles is 1. The van der Waals surface area contributed by atoms with Crippen molar-refractivity contribution in [3.8, 4) is 16.6 Å².